The van der Waals surface area contributed by atoms with Crippen LogP contribution in [0.4, 0.5) is 0 Å². The summed E-state index contributed by atoms with van der Waals surface area (Å²) in [5.74, 6) is 0. The van der Waals surface area contributed by atoms with Crippen molar-refractivity contribution in [3.63, 3.8) is 0 Å². The van der Waals surface area contributed by atoms with Gasteiger partial charge in [0.2, 0.25) is 0 Å². The third kappa shape index (κ3) is 2.14. The molecule has 0 bridgehead atoms. The molecule has 0 N–H and O–H groups in total. The van der Waals surface area contributed by atoms with Gasteiger partial charge in [0.05, 0.1) is 6.20 Å². The first-order valence-electron chi connectivity index (χ1n) is 6.87. The second-order valence-corrected chi connectivity index (χ2v) is 5.25. The van der Waals surface area contributed by atoms with Crippen LogP contribution in [0.15, 0.2) is 60.9 Å². The summed E-state index contributed by atoms with van der Waals surface area (Å²) in [6.45, 7) is 4.29. The molecule has 2 aromatic carbocycles. The van der Waals surface area contributed by atoms with Gasteiger partial charge in [0, 0.05) is 11.6 Å². The maximum atomic E-state index is 2.24. The van der Waals surface area contributed by atoms with Gasteiger partial charge in [0.15, 0.2) is 13.2 Å². The maximum absolute atomic E-state index is 2.24. The van der Waals surface area contributed by atoms with Crippen LogP contribution < -0.4 is 4.68 Å². The lowest BCUT2D eigenvalue weighted by Gasteiger charge is -2.12. The van der Waals surface area contributed by atoms with Gasteiger partial charge in [-0.25, -0.2) is 0 Å². The van der Waals surface area contributed by atoms with E-state index in [1.165, 1.54) is 27.9 Å². The van der Waals surface area contributed by atoms with Crippen LogP contribution in [-0.4, -0.2) is 4.68 Å². The zero-order chi connectivity index (χ0) is 14.1. The number of hydrogen-bond acceptors (Lipinski definition) is 0. The van der Waals surface area contributed by atoms with Gasteiger partial charge >= 0.3 is 0 Å². The van der Waals surface area contributed by atoms with Crippen LogP contribution in [0, 0.1) is 13.8 Å². The maximum Gasteiger partial charge on any atom is 0.195 e. The zero-order valence-electron chi connectivity index (χ0n) is 12.2. The number of rotatable bonds is 2. The highest BCUT2D eigenvalue weighted by atomic mass is 15.4. The Morgan fingerprint density at radius 3 is 2.45 bits per heavy atom. The van der Waals surface area contributed by atoms with Crippen molar-refractivity contribution in [2.45, 2.75) is 13.8 Å². The Morgan fingerprint density at radius 2 is 1.75 bits per heavy atom. The van der Waals surface area contributed by atoms with Gasteiger partial charge in [0.1, 0.15) is 5.69 Å². The standard InChI is InChI=1S/C18H19N2/c1-14-7-4-9-16(13-14)17-10-5-8-15(2)18(17)20-12-6-11-19(20)3/h4-13H,1-3H3/q+1. The van der Waals surface area contributed by atoms with E-state index in [1.54, 1.807) is 0 Å². The highest BCUT2D eigenvalue weighted by molar-refractivity contribution is 5.74. The van der Waals surface area contributed by atoms with Gasteiger partial charge in [-0.05, 0) is 25.0 Å². The summed E-state index contributed by atoms with van der Waals surface area (Å²) < 4.78 is 4.29. The molecule has 0 amide bonds. The third-order valence-electron chi connectivity index (χ3n) is 3.66. The summed E-state index contributed by atoms with van der Waals surface area (Å²) in [6, 6.07) is 17.2. The van der Waals surface area contributed by atoms with Crippen LogP contribution in [0.2, 0.25) is 0 Å². The fourth-order valence-electron chi connectivity index (χ4n) is 2.66. The van der Waals surface area contributed by atoms with Crippen LogP contribution in [0.25, 0.3) is 16.8 Å². The fourth-order valence-corrected chi connectivity index (χ4v) is 2.66. The van der Waals surface area contributed by atoms with E-state index < -0.39 is 0 Å². The molecule has 0 atom stereocenters. The normalized spacial score (nSPS) is 10.8. The van der Waals surface area contributed by atoms with Gasteiger partial charge in [-0.2, -0.15) is 0 Å². The molecule has 1 aromatic heterocycles. The summed E-state index contributed by atoms with van der Waals surface area (Å²) in [6.07, 6.45) is 4.16. The minimum atomic E-state index is 1.24. The molecule has 0 aliphatic rings. The average Bonchev–Trinajstić information content (AvgIpc) is 2.84. The van der Waals surface area contributed by atoms with Crippen LogP contribution >= 0.6 is 0 Å². The number of aryl methyl sites for hydroxylation is 3. The Labute approximate surface area is 119 Å². The minimum absolute atomic E-state index is 1.24. The van der Waals surface area contributed by atoms with E-state index in [0.717, 1.165) is 0 Å². The third-order valence-corrected chi connectivity index (χ3v) is 3.66. The number of aromatic nitrogens is 2. The molecule has 0 saturated heterocycles. The lowest BCUT2D eigenvalue weighted by molar-refractivity contribution is -0.744. The Bertz CT molecular complexity index is 754. The van der Waals surface area contributed by atoms with Crippen molar-refractivity contribution in [3.05, 3.63) is 72.1 Å². The molecule has 20 heavy (non-hydrogen) atoms. The highest BCUT2D eigenvalue weighted by Crippen LogP contribution is 2.29. The molecule has 0 radical (unpaired) electrons. The smallest absolute Gasteiger partial charge is 0.128 e. The summed E-state index contributed by atoms with van der Waals surface area (Å²) >= 11 is 0. The molecule has 0 aliphatic heterocycles. The molecule has 3 rings (SSSR count). The molecule has 100 valence electrons. The van der Waals surface area contributed by atoms with Crippen molar-refractivity contribution in [2.24, 2.45) is 7.05 Å². The summed E-state index contributed by atoms with van der Waals surface area (Å²) in [4.78, 5) is 0. The van der Waals surface area contributed by atoms with Crippen molar-refractivity contribution in [1.29, 1.82) is 0 Å². The Balaban J connectivity index is 2.28. The predicted molar refractivity (Wildman–Crippen MR) is 81.9 cm³/mol. The largest absolute Gasteiger partial charge is 0.195 e. The van der Waals surface area contributed by atoms with Crippen LogP contribution in [-0.2, 0) is 7.05 Å². The van der Waals surface area contributed by atoms with Crippen molar-refractivity contribution in [3.8, 4) is 16.8 Å². The van der Waals surface area contributed by atoms with E-state index in [0.29, 0.717) is 0 Å². The molecule has 0 spiro atoms. The molecule has 0 saturated carbocycles. The number of para-hydroxylation sites is 1. The van der Waals surface area contributed by atoms with Gasteiger partial charge in [-0.15, -0.1) is 9.36 Å². The van der Waals surface area contributed by atoms with E-state index in [4.69, 9.17) is 0 Å². The second-order valence-electron chi connectivity index (χ2n) is 5.25. The molecule has 1 heterocycles. The molecule has 0 fully saturated rings. The summed E-state index contributed by atoms with van der Waals surface area (Å²) in [5, 5.41) is 0. The SMILES string of the molecule is Cc1cccc(-c2cccc(C)c2-n2ccc[n+]2C)c1. The van der Waals surface area contributed by atoms with Crippen molar-refractivity contribution >= 4 is 0 Å². The lowest BCUT2D eigenvalue weighted by atomic mass is 9.99. The first kappa shape index (κ1) is 12.7. The first-order chi connectivity index (χ1) is 9.66. The number of hydrogen-bond donors (Lipinski definition) is 0. The Hall–Kier alpha value is -2.35. The Morgan fingerprint density at radius 1 is 0.950 bits per heavy atom. The summed E-state index contributed by atoms with van der Waals surface area (Å²) in [7, 11) is 2.06. The average molecular weight is 263 g/mol. The lowest BCUT2D eigenvalue weighted by Crippen LogP contribution is -2.37. The predicted octanol–water partition coefficient (Wildman–Crippen LogP) is 3.59. The highest BCUT2D eigenvalue weighted by Gasteiger charge is 2.14. The van der Waals surface area contributed by atoms with Gasteiger partial charge in [-0.1, -0.05) is 48.0 Å². The van der Waals surface area contributed by atoms with Gasteiger partial charge in [-0.3, -0.25) is 0 Å². The summed E-state index contributed by atoms with van der Waals surface area (Å²) in [5.41, 5.74) is 6.33. The Kier molecular flexibility index (Phi) is 3.15. The number of nitrogens with zero attached hydrogens (tertiary/aromatic N) is 2. The molecule has 0 aliphatic carbocycles. The van der Waals surface area contributed by atoms with Crippen molar-refractivity contribution in [1.82, 2.24) is 4.68 Å². The van der Waals surface area contributed by atoms with E-state index >= 15 is 0 Å². The topological polar surface area (TPSA) is 8.81 Å². The fraction of sp³-hybridized carbons (Fsp3) is 0.167. The van der Waals surface area contributed by atoms with E-state index in [2.05, 4.69) is 91.2 Å². The molecule has 0 unspecified atom stereocenters. The molecular weight excluding hydrogens is 244 g/mol. The monoisotopic (exact) mass is 263 g/mol. The molecule has 2 nitrogen and oxygen atoms in total. The molecule has 2 heteroatoms. The van der Waals surface area contributed by atoms with Gasteiger partial charge < -0.3 is 0 Å². The van der Waals surface area contributed by atoms with Crippen LogP contribution in [0.5, 0.6) is 0 Å². The van der Waals surface area contributed by atoms with Gasteiger partial charge in [0.25, 0.3) is 0 Å². The second kappa shape index (κ2) is 4.97. The van der Waals surface area contributed by atoms with E-state index in [9.17, 15) is 0 Å². The molecular formula is C18H19N2+. The first-order valence-corrected chi connectivity index (χ1v) is 6.87. The van der Waals surface area contributed by atoms with Crippen LogP contribution in [0.1, 0.15) is 11.1 Å². The zero-order valence-corrected chi connectivity index (χ0v) is 12.2. The van der Waals surface area contributed by atoms with Crippen molar-refractivity contribution < 1.29 is 4.68 Å². The van der Waals surface area contributed by atoms with Crippen LogP contribution in [0.3, 0.4) is 0 Å². The number of benzene rings is 2. The quantitative estimate of drug-likeness (QED) is 0.625. The minimum Gasteiger partial charge on any atom is -0.128 e. The van der Waals surface area contributed by atoms with E-state index in [-0.39, 0.29) is 0 Å². The van der Waals surface area contributed by atoms with Crippen molar-refractivity contribution in [2.75, 3.05) is 0 Å². The van der Waals surface area contributed by atoms with E-state index in [1.807, 2.05) is 0 Å². The molecule has 3 aromatic rings.